The normalized spacial score (nSPS) is 11.7. The second-order valence-electron chi connectivity index (χ2n) is 7.32. The number of aromatic amines is 1. The lowest BCUT2D eigenvalue weighted by Crippen LogP contribution is -2.33. The molecule has 7 nitrogen and oxygen atoms in total. The summed E-state index contributed by atoms with van der Waals surface area (Å²) in [5, 5.41) is 0.391. The van der Waals surface area contributed by atoms with E-state index in [0.717, 1.165) is 21.5 Å². The topological polar surface area (TPSA) is 106 Å². The summed E-state index contributed by atoms with van der Waals surface area (Å²) in [7, 11) is -3.75. The van der Waals surface area contributed by atoms with E-state index in [1.165, 1.54) is 12.1 Å². The van der Waals surface area contributed by atoms with Gasteiger partial charge in [0.2, 0.25) is 0 Å². The minimum Gasteiger partial charge on any atom is -0.306 e. The average molecular weight is 489 g/mol. The largest absolute Gasteiger partial charge is 0.333 e. The van der Waals surface area contributed by atoms with E-state index < -0.39 is 32.6 Å². The molecule has 0 spiro atoms. The molecule has 0 unspecified atom stereocenters. The van der Waals surface area contributed by atoms with Crippen LogP contribution in [0.25, 0.3) is 16.6 Å². The molecule has 0 amide bonds. The molecule has 0 aliphatic carbocycles. The van der Waals surface area contributed by atoms with Gasteiger partial charge in [-0.05, 0) is 48.9 Å². The van der Waals surface area contributed by atoms with Crippen molar-refractivity contribution in [1.29, 1.82) is 0 Å². The third-order valence-corrected chi connectivity index (χ3v) is 8.34. The van der Waals surface area contributed by atoms with Crippen molar-refractivity contribution in [3.63, 3.8) is 0 Å². The lowest BCUT2D eigenvalue weighted by Gasteiger charge is -2.08. The fraction of sp³-hybridized carbons (Fsp3) is 0.136. The molecule has 2 aromatic heterocycles. The molecule has 4 aromatic rings. The summed E-state index contributed by atoms with van der Waals surface area (Å²) in [6.07, 6.45) is -0.0964. The van der Waals surface area contributed by atoms with Gasteiger partial charge in [-0.15, -0.1) is 11.3 Å². The van der Waals surface area contributed by atoms with Gasteiger partial charge in [-0.1, -0.05) is 35.4 Å². The zero-order valence-corrected chi connectivity index (χ0v) is 19.2. The Balaban J connectivity index is 1.57. The SMILES string of the molecule is Cc1ccc2[nH]c(=O)n(-c3ccc(CC(=O)CS(=O)(=O)c4ccc(Cl)s4)cc3)c(=O)c2c1. The number of rotatable bonds is 6. The van der Waals surface area contributed by atoms with Gasteiger partial charge in [0, 0.05) is 6.42 Å². The number of thiophene rings is 1. The van der Waals surface area contributed by atoms with Gasteiger partial charge in [0.15, 0.2) is 15.6 Å². The van der Waals surface area contributed by atoms with Crippen LogP contribution in [-0.2, 0) is 21.1 Å². The van der Waals surface area contributed by atoms with E-state index >= 15 is 0 Å². The van der Waals surface area contributed by atoms with Gasteiger partial charge in [-0.25, -0.2) is 17.8 Å². The maximum Gasteiger partial charge on any atom is 0.333 e. The number of nitrogens with zero attached hydrogens (tertiary/aromatic N) is 1. The number of hydrogen-bond donors (Lipinski definition) is 1. The predicted octanol–water partition coefficient (Wildman–Crippen LogP) is 3.29. The van der Waals surface area contributed by atoms with Gasteiger partial charge < -0.3 is 4.98 Å². The number of benzene rings is 2. The van der Waals surface area contributed by atoms with E-state index in [-0.39, 0.29) is 10.6 Å². The number of ketones is 1. The van der Waals surface area contributed by atoms with E-state index in [1.807, 2.05) is 6.92 Å². The molecular weight excluding hydrogens is 472 g/mol. The number of carbonyl (C=O) groups is 1. The number of nitrogens with one attached hydrogen (secondary N) is 1. The first-order valence-electron chi connectivity index (χ1n) is 9.49. The van der Waals surface area contributed by atoms with Gasteiger partial charge >= 0.3 is 5.69 Å². The van der Waals surface area contributed by atoms with Crippen molar-refractivity contribution < 1.29 is 13.2 Å². The maximum absolute atomic E-state index is 12.9. The molecule has 10 heteroatoms. The molecule has 0 bridgehead atoms. The summed E-state index contributed by atoms with van der Waals surface area (Å²) in [6, 6.07) is 14.3. The van der Waals surface area contributed by atoms with Crippen LogP contribution in [-0.4, -0.2) is 29.5 Å². The van der Waals surface area contributed by atoms with E-state index in [4.69, 9.17) is 11.6 Å². The molecule has 0 saturated carbocycles. The molecular formula is C22H17ClN2O5S2. The first-order chi connectivity index (χ1) is 15.1. The van der Waals surface area contributed by atoms with E-state index in [2.05, 4.69) is 4.98 Å². The minimum atomic E-state index is -3.75. The predicted molar refractivity (Wildman–Crippen MR) is 125 cm³/mol. The zero-order valence-electron chi connectivity index (χ0n) is 16.8. The highest BCUT2D eigenvalue weighted by atomic mass is 35.5. The smallest absolute Gasteiger partial charge is 0.306 e. The Morgan fingerprint density at radius 1 is 1.06 bits per heavy atom. The molecule has 0 saturated heterocycles. The Labute approximate surface area is 191 Å². The number of sulfone groups is 1. The average Bonchev–Trinajstić information content (AvgIpc) is 3.17. The van der Waals surface area contributed by atoms with Crippen LogP contribution < -0.4 is 11.2 Å². The number of carbonyl (C=O) groups excluding carboxylic acids is 1. The molecule has 0 aliphatic rings. The van der Waals surface area contributed by atoms with Crippen LogP contribution in [0.15, 0.2) is 68.4 Å². The van der Waals surface area contributed by atoms with Gasteiger partial charge in [-0.3, -0.25) is 9.59 Å². The molecule has 4 rings (SSSR count). The van der Waals surface area contributed by atoms with E-state index in [1.54, 1.807) is 42.5 Å². The van der Waals surface area contributed by atoms with Crippen molar-refractivity contribution in [3.05, 3.63) is 90.9 Å². The van der Waals surface area contributed by atoms with Crippen LogP contribution in [0.4, 0.5) is 0 Å². The minimum absolute atomic E-state index is 0.0522. The summed E-state index contributed by atoms with van der Waals surface area (Å²) in [5.74, 6) is -1.10. The molecule has 0 aliphatic heterocycles. The first-order valence-corrected chi connectivity index (χ1v) is 12.3. The molecule has 0 radical (unpaired) electrons. The number of fused-ring (bicyclic) bond motifs is 1. The van der Waals surface area contributed by atoms with E-state index in [0.29, 0.717) is 26.5 Å². The van der Waals surface area contributed by atoms with Crippen LogP contribution in [0, 0.1) is 6.92 Å². The van der Waals surface area contributed by atoms with Crippen molar-refractivity contribution in [1.82, 2.24) is 9.55 Å². The zero-order chi connectivity index (χ0) is 23.0. The number of hydrogen-bond acceptors (Lipinski definition) is 6. The number of aromatic nitrogens is 2. The fourth-order valence-corrected chi connectivity index (χ4v) is 6.16. The Kier molecular flexibility index (Phi) is 5.89. The summed E-state index contributed by atoms with van der Waals surface area (Å²) in [5.41, 5.74) is 1.24. The van der Waals surface area contributed by atoms with Crippen LogP contribution in [0.3, 0.4) is 0 Å². The van der Waals surface area contributed by atoms with Crippen LogP contribution in [0.5, 0.6) is 0 Å². The summed E-state index contributed by atoms with van der Waals surface area (Å²) >= 11 is 6.69. The molecule has 32 heavy (non-hydrogen) atoms. The van der Waals surface area contributed by atoms with Crippen molar-refractivity contribution in [3.8, 4) is 5.69 Å². The summed E-state index contributed by atoms with van der Waals surface area (Å²) in [4.78, 5) is 40.4. The summed E-state index contributed by atoms with van der Waals surface area (Å²) < 4.78 is 26.1. The number of H-pyrrole nitrogens is 1. The molecule has 0 fully saturated rings. The third-order valence-electron chi connectivity index (χ3n) is 4.86. The van der Waals surface area contributed by atoms with Crippen LogP contribution in [0.2, 0.25) is 4.34 Å². The Hall–Kier alpha value is -3.01. The van der Waals surface area contributed by atoms with Gasteiger partial charge in [0.25, 0.3) is 5.56 Å². The van der Waals surface area contributed by atoms with Crippen LogP contribution >= 0.6 is 22.9 Å². The Morgan fingerprint density at radius 2 is 1.78 bits per heavy atom. The van der Waals surface area contributed by atoms with Gasteiger partial charge in [-0.2, -0.15) is 0 Å². The second-order valence-corrected chi connectivity index (χ2v) is 11.3. The Morgan fingerprint density at radius 3 is 2.44 bits per heavy atom. The standard InChI is InChI=1S/C22H17ClN2O5S2/c1-13-2-7-18-17(10-13)21(27)25(22(28)24-18)15-5-3-14(4-6-15)11-16(26)12-32(29,30)20-9-8-19(23)31-20/h2-10H,11-12H2,1H3,(H,24,28). The van der Waals surface area contributed by atoms with Crippen LogP contribution in [0.1, 0.15) is 11.1 Å². The first kappa shape index (κ1) is 22.2. The molecule has 1 N–H and O–H groups in total. The molecule has 164 valence electrons. The molecule has 0 atom stereocenters. The maximum atomic E-state index is 12.9. The highest BCUT2D eigenvalue weighted by Gasteiger charge is 2.21. The lowest BCUT2D eigenvalue weighted by molar-refractivity contribution is -0.116. The lowest BCUT2D eigenvalue weighted by atomic mass is 10.1. The highest BCUT2D eigenvalue weighted by molar-refractivity contribution is 7.94. The monoisotopic (exact) mass is 488 g/mol. The van der Waals surface area contributed by atoms with Crippen molar-refractivity contribution in [2.75, 3.05) is 5.75 Å². The Bertz CT molecular complexity index is 1560. The fourth-order valence-electron chi connectivity index (χ4n) is 3.35. The third kappa shape index (κ3) is 4.45. The van der Waals surface area contributed by atoms with Crippen molar-refractivity contribution >= 4 is 49.5 Å². The van der Waals surface area contributed by atoms with Crippen molar-refractivity contribution in [2.24, 2.45) is 0 Å². The number of Topliss-reactive ketones (excluding diaryl/α,β-unsaturated/α-hetero) is 1. The number of halogens is 1. The molecule has 2 heterocycles. The highest BCUT2D eigenvalue weighted by Crippen LogP contribution is 2.26. The van der Waals surface area contributed by atoms with E-state index in [9.17, 15) is 22.8 Å². The van der Waals surface area contributed by atoms with Gasteiger partial charge in [0.05, 0.1) is 20.9 Å². The quantitative estimate of drug-likeness (QED) is 0.448. The number of aryl methyl sites for hydroxylation is 1. The second kappa shape index (κ2) is 8.50. The molecule has 2 aromatic carbocycles. The van der Waals surface area contributed by atoms with Gasteiger partial charge in [0.1, 0.15) is 9.96 Å². The summed E-state index contributed by atoms with van der Waals surface area (Å²) in [6.45, 7) is 1.85. The van der Waals surface area contributed by atoms with Crippen molar-refractivity contribution in [2.45, 2.75) is 17.6 Å².